The summed E-state index contributed by atoms with van der Waals surface area (Å²) < 4.78 is 1.82. The van der Waals surface area contributed by atoms with Crippen molar-refractivity contribution in [2.45, 2.75) is 5.92 Å². The van der Waals surface area contributed by atoms with Crippen LogP contribution >= 0.6 is 0 Å². The zero-order chi connectivity index (χ0) is 18.5. The molecular weight excluding hydrogens is 350 g/mol. The number of nitrogens with zero attached hydrogens (tertiary/aromatic N) is 6. The lowest BCUT2D eigenvalue weighted by atomic mass is 9.99. The Kier molecular flexibility index (Phi) is 3.22. The normalized spacial score (nSPS) is 14.6. The Balaban J connectivity index is 1.28. The van der Waals surface area contributed by atoms with E-state index in [1.54, 1.807) is 0 Å². The van der Waals surface area contributed by atoms with E-state index in [2.05, 4.69) is 26.1 Å². The third kappa shape index (κ3) is 2.36. The average molecular weight is 367 g/mol. The van der Waals surface area contributed by atoms with Gasteiger partial charge in [0.15, 0.2) is 11.5 Å². The van der Waals surface area contributed by atoms with Crippen LogP contribution in [-0.4, -0.2) is 42.9 Å². The van der Waals surface area contributed by atoms with Crippen molar-refractivity contribution in [3.63, 3.8) is 0 Å². The fourth-order valence-corrected chi connectivity index (χ4v) is 3.72. The second-order valence-electron chi connectivity index (χ2n) is 7.09. The first-order valence-corrected chi connectivity index (χ1v) is 9.33. The van der Waals surface area contributed by atoms with Crippen LogP contribution in [0.3, 0.4) is 0 Å². The number of H-pyrrole nitrogens is 1. The monoisotopic (exact) mass is 367 g/mol. The van der Waals surface area contributed by atoms with Crippen LogP contribution < -0.4 is 4.90 Å². The molecule has 3 aromatic heterocycles. The lowest BCUT2D eigenvalue weighted by Crippen LogP contribution is -2.46. The fraction of sp³-hybridized carbons (Fsp3) is 0.143. The summed E-state index contributed by atoms with van der Waals surface area (Å²) in [5, 5.41) is 13.3. The first-order valence-electron chi connectivity index (χ1n) is 9.33. The maximum atomic E-state index is 4.79. The number of benzene rings is 2. The standard InChI is InChI=1S/C21H17N7/c1-2-6-14(7-3-1)21-25-24-18-10-11-19(26-28(18)21)27-12-15(13-27)20-22-16-8-4-5-9-17(16)23-20/h1-11,15H,12-13H2,(H,22,23). The summed E-state index contributed by atoms with van der Waals surface area (Å²) in [5.74, 6) is 3.12. The van der Waals surface area contributed by atoms with E-state index in [0.717, 1.165) is 52.8 Å². The zero-order valence-corrected chi connectivity index (χ0v) is 15.0. The van der Waals surface area contributed by atoms with Gasteiger partial charge in [-0.3, -0.25) is 0 Å². The summed E-state index contributed by atoms with van der Waals surface area (Å²) in [4.78, 5) is 10.4. The molecule has 7 heteroatoms. The minimum absolute atomic E-state index is 0.388. The SMILES string of the molecule is c1ccc(-c2nnc3ccc(N4CC(c5nc6ccccc6[nH]5)C4)nn23)cc1. The molecule has 0 atom stereocenters. The largest absolute Gasteiger partial charge is 0.354 e. The van der Waals surface area contributed by atoms with Crippen molar-refractivity contribution in [1.82, 2.24) is 29.8 Å². The lowest BCUT2D eigenvalue weighted by Gasteiger charge is -2.38. The maximum absolute atomic E-state index is 4.79. The van der Waals surface area contributed by atoms with Crippen LogP contribution in [-0.2, 0) is 0 Å². The lowest BCUT2D eigenvalue weighted by molar-refractivity contribution is 0.498. The number of aromatic nitrogens is 6. The smallest absolute Gasteiger partial charge is 0.185 e. The number of hydrogen-bond donors (Lipinski definition) is 1. The van der Waals surface area contributed by atoms with Gasteiger partial charge in [0.25, 0.3) is 0 Å². The quantitative estimate of drug-likeness (QED) is 0.530. The molecule has 1 aliphatic heterocycles. The fourth-order valence-electron chi connectivity index (χ4n) is 3.72. The molecule has 0 saturated carbocycles. The van der Waals surface area contributed by atoms with Crippen LogP contribution in [0.2, 0.25) is 0 Å². The van der Waals surface area contributed by atoms with Crippen LogP contribution in [0.4, 0.5) is 5.82 Å². The molecule has 7 nitrogen and oxygen atoms in total. The van der Waals surface area contributed by atoms with Crippen molar-refractivity contribution < 1.29 is 0 Å². The van der Waals surface area contributed by atoms with Gasteiger partial charge in [-0.25, -0.2) is 4.98 Å². The summed E-state index contributed by atoms with van der Waals surface area (Å²) in [6.45, 7) is 1.78. The first kappa shape index (κ1) is 15.3. The zero-order valence-electron chi connectivity index (χ0n) is 15.0. The molecule has 0 spiro atoms. The molecule has 1 N–H and O–H groups in total. The van der Waals surface area contributed by atoms with Gasteiger partial charge >= 0.3 is 0 Å². The van der Waals surface area contributed by atoms with Crippen molar-refractivity contribution in [3.8, 4) is 11.4 Å². The van der Waals surface area contributed by atoms with Gasteiger partial charge in [-0.2, -0.15) is 4.52 Å². The number of fused-ring (bicyclic) bond motifs is 2. The van der Waals surface area contributed by atoms with Crippen LogP contribution in [0.1, 0.15) is 11.7 Å². The molecule has 136 valence electrons. The Morgan fingerprint density at radius 3 is 2.54 bits per heavy atom. The molecule has 4 heterocycles. The Labute approximate surface area is 160 Å². The van der Waals surface area contributed by atoms with Crippen molar-refractivity contribution in [2.75, 3.05) is 18.0 Å². The van der Waals surface area contributed by atoms with Crippen molar-refractivity contribution in [1.29, 1.82) is 0 Å². The molecule has 0 aliphatic carbocycles. The van der Waals surface area contributed by atoms with E-state index < -0.39 is 0 Å². The maximum Gasteiger partial charge on any atom is 0.185 e. The summed E-state index contributed by atoms with van der Waals surface area (Å²) >= 11 is 0. The van der Waals surface area contributed by atoms with Crippen LogP contribution in [0, 0.1) is 0 Å². The van der Waals surface area contributed by atoms with Gasteiger partial charge in [-0.15, -0.1) is 15.3 Å². The topological polar surface area (TPSA) is 75.0 Å². The molecule has 1 saturated heterocycles. The van der Waals surface area contributed by atoms with Crippen molar-refractivity contribution in [2.24, 2.45) is 0 Å². The Morgan fingerprint density at radius 2 is 1.68 bits per heavy atom. The molecule has 0 bridgehead atoms. The highest BCUT2D eigenvalue weighted by molar-refractivity contribution is 5.75. The molecule has 6 rings (SSSR count). The van der Waals surface area contributed by atoms with Crippen LogP contribution in [0.25, 0.3) is 28.1 Å². The molecule has 1 fully saturated rings. The summed E-state index contributed by atoms with van der Waals surface area (Å²) in [6.07, 6.45) is 0. The Hall–Kier alpha value is -3.74. The van der Waals surface area contributed by atoms with Gasteiger partial charge < -0.3 is 9.88 Å². The number of nitrogens with one attached hydrogen (secondary N) is 1. The number of aromatic amines is 1. The van der Waals surface area contributed by atoms with Gasteiger partial charge in [0.05, 0.1) is 17.0 Å². The molecule has 1 aliphatic rings. The van der Waals surface area contributed by atoms with E-state index in [0.29, 0.717) is 5.92 Å². The van der Waals surface area contributed by atoms with Gasteiger partial charge in [0.1, 0.15) is 11.6 Å². The third-order valence-corrected chi connectivity index (χ3v) is 5.28. The van der Waals surface area contributed by atoms with E-state index in [4.69, 9.17) is 10.1 Å². The Bertz CT molecular complexity index is 1250. The predicted octanol–water partition coefficient (Wildman–Crippen LogP) is 3.27. The highest BCUT2D eigenvalue weighted by Crippen LogP contribution is 2.30. The van der Waals surface area contributed by atoms with Gasteiger partial charge in [-0.1, -0.05) is 42.5 Å². The average Bonchev–Trinajstić information content (AvgIpc) is 3.31. The number of imidazole rings is 1. The summed E-state index contributed by atoms with van der Waals surface area (Å²) in [6, 6.07) is 22.1. The molecule has 0 radical (unpaired) electrons. The van der Waals surface area contributed by atoms with Crippen LogP contribution in [0.5, 0.6) is 0 Å². The number of rotatable bonds is 3. The number of para-hydroxylation sites is 2. The van der Waals surface area contributed by atoms with Crippen molar-refractivity contribution >= 4 is 22.5 Å². The van der Waals surface area contributed by atoms with Gasteiger partial charge in [0.2, 0.25) is 0 Å². The number of anilines is 1. The molecule has 5 aromatic rings. The summed E-state index contributed by atoms with van der Waals surface area (Å²) in [7, 11) is 0. The number of hydrogen-bond acceptors (Lipinski definition) is 5. The van der Waals surface area contributed by atoms with Crippen LogP contribution in [0.15, 0.2) is 66.7 Å². The molecule has 28 heavy (non-hydrogen) atoms. The second kappa shape index (κ2) is 5.88. The minimum Gasteiger partial charge on any atom is -0.354 e. The molecule has 0 amide bonds. The third-order valence-electron chi connectivity index (χ3n) is 5.28. The first-order chi connectivity index (χ1) is 13.8. The highest BCUT2D eigenvalue weighted by Gasteiger charge is 2.31. The highest BCUT2D eigenvalue weighted by atomic mass is 15.4. The van der Waals surface area contributed by atoms with Gasteiger partial charge in [0, 0.05) is 18.7 Å². The predicted molar refractivity (Wildman–Crippen MR) is 107 cm³/mol. The van der Waals surface area contributed by atoms with E-state index in [1.807, 2.05) is 65.2 Å². The minimum atomic E-state index is 0.388. The summed E-state index contributed by atoms with van der Waals surface area (Å²) in [5.41, 5.74) is 3.86. The van der Waals surface area contributed by atoms with E-state index >= 15 is 0 Å². The van der Waals surface area contributed by atoms with E-state index in [9.17, 15) is 0 Å². The molecule has 2 aromatic carbocycles. The Morgan fingerprint density at radius 1 is 0.857 bits per heavy atom. The second-order valence-corrected chi connectivity index (χ2v) is 7.09. The van der Waals surface area contributed by atoms with E-state index in [-0.39, 0.29) is 0 Å². The van der Waals surface area contributed by atoms with Gasteiger partial charge in [-0.05, 0) is 24.3 Å². The van der Waals surface area contributed by atoms with Crippen molar-refractivity contribution in [3.05, 3.63) is 72.6 Å². The molecular formula is C21H17N7. The van der Waals surface area contributed by atoms with E-state index in [1.165, 1.54) is 0 Å². The molecule has 0 unspecified atom stereocenters.